The van der Waals surface area contributed by atoms with Crippen LogP contribution in [-0.2, 0) is 0 Å². The first kappa shape index (κ1) is 12.0. The Kier molecular flexibility index (Phi) is 2.96. The number of H-pyrrole nitrogens is 1. The second-order valence-corrected chi connectivity index (χ2v) is 4.14. The number of hydrogen-bond acceptors (Lipinski definition) is 5. The number of aromatic amines is 1. The Hall–Kier alpha value is -3.02. The lowest BCUT2D eigenvalue weighted by molar-refractivity contribution is 0.463. The Morgan fingerprint density at radius 3 is 2.70 bits per heavy atom. The molecule has 0 atom stereocenters. The molecule has 0 aliphatic carbocycles. The van der Waals surface area contributed by atoms with Gasteiger partial charge in [0.2, 0.25) is 0 Å². The fraction of sp³-hybridized carbons (Fsp3) is 0. The van der Waals surface area contributed by atoms with Crippen LogP contribution in [0.2, 0.25) is 0 Å². The third-order valence-corrected chi connectivity index (χ3v) is 2.78. The molecule has 2 aromatic heterocycles. The van der Waals surface area contributed by atoms with Crippen molar-refractivity contribution in [3.63, 3.8) is 0 Å². The standard InChI is InChI=1S/C14H10N4O2/c19-12-8-15-13(17-14(12)20)10-4-1-3-9(7-10)11-5-2-6-16-18-11/h1-8,19H,(H,15,17,20). The average Bonchev–Trinajstić information content (AvgIpc) is 2.51. The third-order valence-electron chi connectivity index (χ3n) is 2.78. The first-order valence-corrected chi connectivity index (χ1v) is 5.91. The highest BCUT2D eigenvalue weighted by Crippen LogP contribution is 2.22. The van der Waals surface area contributed by atoms with Gasteiger partial charge >= 0.3 is 0 Å². The van der Waals surface area contributed by atoms with E-state index in [0.717, 1.165) is 23.0 Å². The summed E-state index contributed by atoms with van der Waals surface area (Å²) in [6, 6.07) is 11.0. The highest BCUT2D eigenvalue weighted by molar-refractivity contribution is 5.67. The lowest BCUT2D eigenvalue weighted by atomic mass is 10.1. The maximum Gasteiger partial charge on any atom is 0.293 e. The van der Waals surface area contributed by atoms with Crippen molar-refractivity contribution < 1.29 is 5.11 Å². The second kappa shape index (κ2) is 4.93. The van der Waals surface area contributed by atoms with E-state index in [0.29, 0.717) is 5.82 Å². The SMILES string of the molecule is O=c1[nH]c(-c2cccc(-c3cccnn3)c2)ncc1O. The van der Waals surface area contributed by atoms with Gasteiger partial charge in [-0.05, 0) is 18.2 Å². The van der Waals surface area contributed by atoms with Crippen molar-refractivity contribution in [3.8, 4) is 28.4 Å². The number of rotatable bonds is 2. The number of nitrogens with zero attached hydrogens (tertiary/aromatic N) is 3. The van der Waals surface area contributed by atoms with E-state index in [1.807, 2.05) is 30.3 Å². The van der Waals surface area contributed by atoms with E-state index in [2.05, 4.69) is 20.2 Å². The third kappa shape index (κ3) is 2.26. The summed E-state index contributed by atoms with van der Waals surface area (Å²) >= 11 is 0. The largest absolute Gasteiger partial charge is 0.502 e. The summed E-state index contributed by atoms with van der Waals surface area (Å²) in [6.45, 7) is 0. The summed E-state index contributed by atoms with van der Waals surface area (Å²) in [7, 11) is 0. The van der Waals surface area contributed by atoms with Crippen LogP contribution in [0.25, 0.3) is 22.6 Å². The molecule has 0 fully saturated rings. The highest BCUT2D eigenvalue weighted by atomic mass is 16.3. The summed E-state index contributed by atoms with van der Waals surface area (Å²) < 4.78 is 0. The van der Waals surface area contributed by atoms with E-state index < -0.39 is 11.3 Å². The Labute approximate surface area is 113 Å². The second-order valence-electron chi connectivity index (χ2n) is 4.14. The van der Waals surface area contributed by atoms with Crippen LogP contribution in [0.3, 0.4) is 0 Å². The van der Waals surface area contributed by atoms with Crippen molar-refractivity contribution in [1.29, 1.82) is 0 Å². The molecule has 20 heavy (non-hydrogen) atoms. The van der Waals surface area contributed by atoms with E-state index in [1.54, 1.807) is 12.3 Å². The molecule has 0 radical (unpaired) electrons. The van der Waals surface area contributed by atoms with Crippen LogP contribution in [0, 0.1) is 0 Å². The van der Waals surface area contributed by atoms with Crippen LogP contribution < -0.4 is 5.56 Å². The Morgan fingerprint density at radius 1 is 1.10 bits per heavy atom. The van der Waals surface area contributed by atoms with E-state index in [1.165, 1.54) is 0 Å². The van der Waals surface area contributed by atoms with E-state index in [9.17, 15) is 9.90 Å². The number of benzene rings is 1. The van der Waals surface area contributed by atoms with Gasteiger partial charge in [-0.2, -0.15) is 10.2 Å². The molecule has 0 amide bonds. The van der Waals surface area contributed by atoms with Gasteiger partial charge in [-0.3, -0.25) is 4.79 Å². The van der Waals surface area contributed by atoms with Crippen LogP contribution in [-0.4, -0.2) is 25.3 Å². The molecule has 0 aliphatic heterocycles. The molecule has 3 rings (SSSR count). The summed E-state index contributed by atoms with van der Waals surface area (Å²) in [5.41, 5.74) is 1.76. The minimum absolute atomic E-state index is 0.388. The van der Waals surface area contributed by atoms with Crippen molar-refractivity contribution in [2.45, 2.75) is 0 Å². The van der Waals surface area contributed by atoms with Gasteiger partial charge in [0.1, 0.15) is 5.82 Å². The van der Waals surface area contributed by atoms with Gasteiger partial charge in [0.05, 0.1) is 11.9 Å². The molecule has 1 aromatic carbocycles. The molecule has 0 bridgehead atoms. The van der Waals surface area contributed by atoms with Crippen molar-refractivity contribution in [2.24, 2.45) is 0 Å². The van der Waals surface area contributed by atoms with Gasteiger partial charge in [-0.15, -0.1) is 0 Å². The molecule has 2 heterocycles. The summed E-state index contributed by atoms with van der Waals surface area (Å²) in [4.78, 5) is 17.9. The van der Waals surface area contributed by atoms with E-state index in [4.69, 9.17) is 0 Å². The van der Waals surface area contributed by atoms with E-state index in [-0.39, 0.29) is 0 Å². The lowest BCUT2D eigenvalue weighted by Gasteiger charge is -2.04. The van der Waals surface area contributed by atoms with Gasteiger partial charge in [0.15, 0.2) is 5.75 Å². The van der Waals surface area contributed by atoms with Crippen LogP contribution in [0.5, 0.6) is 5.75 Å². The smallest absolute Gasteiger partial charge is 0.293 e. The maximum atomic E-state index is 11.4. The molecule has 3 aromatic rings. The monoisotopic (exact) mass is 266 g/mol. The van der Waals surface area contributed by atoms with E-state index >= 15 is 0 Å². The fourth-order valence-corrected chi connectivity index (χ4v) is 1.82. The van der Waals surface area contributed by atoms with Crippen molar-refractivity contribution in [3.05, 3.63) is 59.1 Å². The van der Waals surface area contributed by atoms with Gasteiger partial charge < -0.3 is 10.1 Å². The fourth-order valence-electron chi connectivity index (χ4n) is 1.82. The predicted octanol–water partition coefficient (Wildman–Crippen LogP) is 1.60. The zero-order valence-electron chi connectivity index (χ0n) is 10.3. The predicted molar refractivity (Wildman–Crippen MR) is 73.0 cm³/mol. The molecule has 0 saturated heterocycles. The average molecular weight is 266 g/mol. The van der Waals surface area contributed by atoms with Crippen LogP contribution >= 0.6 is 0 Å². The first-order chi connectivity index (χ1) is 9.74. The zero-order chi connectivity index (χ0) is 13.9. The maximum absolute atomic E-state index is 11.4. The molecular weight excluding hydrogens is 256 g/mol. The number of aromatic nitrogens is 4. The zero-order valence-corrected chi connectivity index (χ0v) is 10.3. The minimum Gasteiger partial charge on any atom is -0.502 e. The number of nitrogens with one attached hydrogen (secondary N) is 1. The number of hydrogen-bond donors (Lipinski definition) is 2. The van der Waals surface area contributed by atoms with Gasteiger partial charge in [0.25, 0.3) is 5.56 Å². The molecule has 2 N–H and O–H groups in total. The Balaban J connectivity index is 2.07. The summed E-state index contributed by atoms with van der Waals surface area (Å²) in [5.74, 6) is -0.0163. The molecule has 0 unspecified atom stereocenters. The number of aromatic hydroxyl groups is 1. The van der Waals surface area contributed by atoms with Gasteiger partial charge in [-0.25, -0.2) is 4.98 Å². The quantitative estimate of drug-likeness (QED) is 0.735. The van der Waals surface area contributed by atoms with Gasteiger partial charge in [0, 0.05) is 17.3 Å². The lowest BCUT2D eigenvalue weighted by Crippen LogP contribution is -2.07. The summed E-state index contributed by atoms with van der Waals surface area (Å²) in [6.07, 6.45) is 2.73. The van der Waals surface area contributed by atoms with Crippen LogP contribution in [0.4, 0.5) is 0 Å². The first-order valence-electron chi connectivity index (χ1n) is 5.91. The summed E-state index contributed by atoms with van der Waals surface area (Å²) in [5, 5.41) is 17.1. The molecule has 98 valence electrons. The Morgan fingerprint density at radius 2 is 1.95 bits per heavy atom. The topological polar surface area (TPSA) is 91.8 Å². The van der Waals surface area contributed by atoms with Crippen molar-refractivity contribution >= 4 is 0 Å². The molecule has 6 nitrogen and oxygen atoms in total. The molecule has 0 aliphatic rings. The Bertz CT molecular complexity index is 800. The van der Waals surface area contributed by atoms with Gasteiger partial charge in [-0.1, -0.05) is 18.2 Å². The van der Waals surface area contributed by atoms with Crippen LogP contribution in [0.1, 0.15) is 0 Å². The molecule has 6 heteroatoms. The molecule has 0 saturated carbocycles. The van der Waals surface area contributed by atoms with Crippen molar-refractivity contribution in [1.82, 2.24) is 20.2 Å². The molecular formula is C14H10N4O2. The minimum atomic E-state index is -0.570. The highest BCUT2D eigenvalue weighted by Gasteiger charge is 2.06. The van der Waals surface area contributed by atoms with Crippen molar-refractivity contribution in [2.75, 3.05) is 0 Å². The van der Waals surface area contributed by atoms with Crippen LogP contribution in [0.15, 0.2) is 53.6 Å². The molecule has 0 spiro atoms. The normalized spacial score (nSPS) is 10.4.